The van der Waals surface area contributed by atoms with Crippen LogP contribution in [0, 0.1) is 5.82 Å². The van der Waals surface area contributed by atoms with Crippen molar-refractivity contribution >= 4 is 44.9 Å². The van der Waals surface area contributed by atoms with Crippen LogP contribution in [0.3, 0.4) is 0 Å². The van der Waals surface area contributed by atoms with Crippen LogP contribution in [0.5, 0.6) is 0 Å². The predicted molar refractivity (Wildman–Crippen MR) is 139 cm³/mol. The molecule has 0 radical (unpaired) electrons. The van der Waals surface area contributed by atoms with Gasteiger partial charge in [0.25, 0.3) is 5.56 Å². The third kappa shape index (κ3) is 5.19. The molecule has 0 saturated heterocycles. The number of rotatable bonds is 6. The standard InChI is InChI=1S/C24H26FN7O3S/c1-24(2,3)21-30-31-23(36-21)29-22(35)28-17-10-13(5-6-16(17)25)15-9-14-12-27-19(26-4)11-18(14)32(7-8-33)20(15)34/h5-6,9-12,33H,7-8H2,1-4H3,(H,26,27)(H2,28,29,31,35). The van der Waals surface area contributed by atoms with Crippen molar-refractivity contribution in [3.8, 4) is 11.1 Å². The number of amides is 2. The Bertz CT molecular complexity index is 1490. The van der Waals surface area contributed by atoms with Crippen LogP contribution in [-0.2, 0) is 12.0 Å². The molecular weight excluding hydrogens is 485 g/mol. The molecule has 36 heavy (non-hydrogen) atoms. The first kappa shape index (κ1) is 25.2. The molecule has 0 fully saturated rings. The molecule has 2 amide bonds. The van der Waals surface area contributed by atoms with E-state index in [-0.39, 0.29) is 40.5 Å². The topological polar surface area (TPSA) is 134 Å². The average Bonchev–Trinajstić information content (AvgIpc) is 3.31. The first-order chi connectivity index (χ1) is 17.1. The van der Waals surface area contributed by atoms with Crippen LogP contribution in [0.15, 0.2) is 41.3 Å². The third-order valence-electron chi connectivity index (χ3n) is 5.37. The number of nitrogens with one attached hydrogen (secondary N) is 3. The highest BCUT2D eigenvalue weighted by Gasteiger charge is 2.20. The Balaban J connectivity index is 1.67. The van der Waals surface area contributed by atoms with Gasteiger partial charge in [-0.15, -0.1) is 10.2 Å². The van der Waals surface area contributed by atoms with Crippen LogP contribution in [0.1, 0.15) is 25.8 Å². The molecule has 0 unspecified atom stereocenters. The zero-order chi connectivity index (χ0) is 26.0. The number of aromatic nitrogens is 4. The summed E-state index contributed by atoms with van der Waals surface area (Å²) in [4.78, 5) is 30.1. The van der Waals surface area contributed by atoms with Crippen molar-refractivity contribution in [3.63, 3.8) is 0 Å². The molecule has 4 N–H and O–H groups in total. The summed E-state index contributed by atoms with van der Waals surface area (Å²) in [5.74, 6) is -0.0935. The van der Waals surface area contributed by atoms with E-state index in [0.717, 1.165) is 5.01 Å². The number of benzene rings is 1. The minimum atomic E-state index is -0.692. The van der Waals surface area contributed by atoms with Crippen LogP contribution in [-0.4, -0.2) is 44.5 Å². The molecule has 1 aromatic carbocycles. The van der Waals surface area contributed by atoms with Crippen molar-refractivity contribution in [2.45, 2.75) is 32.7 Å². The smallest absolute Gasteiger partial charge is 0.325 e. The number of urea groups is 1. The summed E-state index contributed by atoms with van der Waals surface area (Å²) in [5.41, 5.74) is 0.578. The van der Waals surface area contributed by atoms with Gasteiger partial charge in [-0.3, -0.25) is 10.1 Å². The molecule has 4 aromatic rings. The molecular formula is C24H26FN7O3S. The molecule has 0 spiro atoms. The Kier molecular flexibility index (Phi) is 7.00. The summed E-state index contributed by atoms with van der Waals surface area (Å²) in [6, 6.07) is 6.70. The Hall–Kier alpha value is -3.90. The highest BCUT2D eigenvalue weighted by atomic mass is 32.1. The van der Waals surface area contributed by atoms with E-state index in [2.05, 4.69) is 31.1 Å². The van der Waals surface area contributed by atoms with Gasteiger partial charge in [0.05, 0.1) is 17.8 Å². The Morgan fingerprint density at radius 1 is 1.17 bits per heavy atom. The van der Waals surface area contributed by atoms with Crippen molar-refractivity contribution < 1.29 is 14.3 Å². The van der Waals surface area contributed by atoms with Crippen LogP contribution in [0.4, 0.5) is 25.8 Å². The van der Waals surface area contributed by atoms with E-state index < -0.39 is 11.8 Å². The molecule has 0 aliphatic carbocycles. The summed E-state index contributed by atoms with van der Waals surface area (Å²) >= 11 is 1.23. The summed E-state index contributed by atoms with van der Waals surface area (Å²) in [6.45, 7) is 5.78. The van der Waals surface area contributed by atoms with Crippen molar-refractivity contribution in [1.82, 2.24) is 19.7 Å². The first-order valence-electron chi connectivity index (χ1n) is 11.1. The van der Waals surface area contributed by atoms with Crippen molar-refractivity contribution in [2.24, 2.45) is 0 Å². The summed E-state index contributed by atoms with van der Waals surface area (Å²) in [6.07, 6.45) is 1.61. The summed E-state index contributed by atoms with van der Waals surface area (Å²) in [5, 5.41) is 27.2. The average molecular weight is 512 g/mol. The summed E-state index contributed by atoms with van der Waals surface area (Å²) in [7, 11) is 1.72. The second-order valence-electron chi connectivity index (χ2n) is 9.05. The number of pyridine rings is 2. The van der Waals surface area contributed by atoms with Gasteiger partial charge < -0.3 is 20.3 Å². The number of halogens is 1. The van der Waals surface area contributed by atoms with E-state index in [9.17, 15) is 19.1 Å². The molecule has 0 saturated carbocycles. The third-order valence-corrected chi connectivity index (χ3v) is 6.63. The first-order valence-corrected chi connectivity index (χ1v) is 12.0. The lowest BCUT2D eigenvalue weighted by Gasteiger charge is -2.14. The Labute approximate surface area is 210 Å². The second-order valence-corrected chi connectivity index (χ2v) is 10.0. The lowest BCUT2D eigenvalue weighted by Crippen LogP contribution is -2.24. The number of nitrogens with zero attached hydrogens (tertiary/aromatic N) is 4. The van der Waals surface area contributed by atoms with Crippen LogP contribution < -0.4 is 21.5 Å². The lowest BCUT2D eigenvalue weighted by atomic mass is 9.98. The van der Waals surface area contributed by atoms with Crippen LogP contribution in [0.25, 0.3) is 22.0 Å². The predicted octanol–water partition coefficient (Wildman–Crippen LogP) is 4.03. The highest BCUT2D eigenvalue weighted by molar-refractivity contribution is 7.15. The number of hydrogen-bond donors (Lipinski definition) is 4. The van der Waals surface area contributed by atoms with Gasteiger partial charge in [0, 0.05) is 42.2 Å². The zero-order valence-corrected chi connectivity index (χ0v) is 21.0. The molecule has 3 heterocycles. The Morgan fingerprint density at radius 2 is 1.94 bits per heavy atom. The van der Waals surface area contributed by atoms with Gasteiger partial charge in [-0.05, 0) is 23.8 Å². The fraction of sp³-hybridized carbons (Fsp3) is 0.292. The fourth-order valence-corrected chi connectivity index (χ4v) is 4.35. The van der Waals surface area contributed by atoms with Gasteiger partial charge in [-0.1, -0.05) is 38.2 Å². The SMILES string of the molecule is CNc1cc2c(cn1)cc(-c1ccc(F)c(NC(=O)Nc3nnc(C(C)(C)C)s3)c1)c(=O)n2CCO. The number of hydrogen-bond acceptors (Lipinski definition) is 8. The number of carbonyl (C=O) groups excluding carboxylic acids is 1. The maximum Gasteiger partial charge on any atom is 0.325 e. The van der Waals surface area contributed by atoms with Crippen LogP contribution in [0.2, 0.25) is 0 Å². The largest absolute Gasteiger partial charge is 0.395 e. The molecule has 0 bridgehead atoms. The minimum Gasteiger partial charge on any atom is -0.395 e. The Morgan fingerprint density at radius 3 is 2.61 bits per heavy atom. The minimum absolute atomic E-state index is 0.0729. The lowest BCUT2D eigenvalue weighted by molar-refractivity contribution is 0.262. The molecule has 10 nitrogen and oxygen atoms in total. The van der Waals surface area contributed by atoms with Crippen molar-refractivity contribution in [3.05, 3.63) is 57.7 Å². The van der Waals surface area contributed by atoms with Crippen LogP contribution >= 0.6 is 11.3 Å². The second kappa shape index (κ2) is 9.99. The van der Waals surface area contributed by atoms with Gasteiger partial charge in [0.1, 0.15) is 16.6 Å². The quantitative estimate of drug-likeness (QED) is 0.307. The molecule has 12 heteroatoms. The van der Waals surface area contributed by atoms with Crippen molar-refractivity contribution in [2.75, 3.05) is 29.6 Å². The normalized spacial score (nSPS) is 11.5. The molecule has 188 valence electrons. The van der Waals surface area contributed by atoms with E-state index in [1.54, 1.807) is 25.4 Å². The van der Waals surface area contributed by atoms with Gasteiger partial charge in [-0.25, -0.2) is 14.2 Å². The number of carbonyl (C=O) groups is 1. The van der Waals surface area contributed by atoms with E-state index in [4.69, 9.17) is 0 Å². The van der Waals surface area contributed by atoms with Gasteiger partial charge in [0.2, 0.25) is 5.13 Å². The molecule has 0 aliphatic heterocycles. The molecule has 0 aliphatic rings. The highest BCUT2D eigenvalue weighted by Crippen LogP contribution is 2.29. The summed E-state index contributed by atoms with van der Waals surface area (Å²) < 4.78 is 16.0. The van der Waals surface area contributed by atoms with E-state index in [1.165, 1.54) is 34.1 Å². The number of aliphatic hydroxyl groups is 1. The van der Waals surface area contributed by atoms with Gasteiger partial charge in [0.15, 0.2) is 0 Å². The maximum atomic E-state index is 14.6. The molecule has 0 atom stereocenters. The molecule has 3 aromatic heterocycles. The van der Waals surface area contributed by atoms with E-state index >= 15 is 0 Å². The van der Waals surface area contributed by atoms with E-state index in [1.807, 2.05) is 20.8 Å². The fourth-order valence-electron chi connectivity index (χ4n) is 3.55. The number of fused-ring (bicyclic) bond motifs is 1. The zero-order valence-electron chi connectivity index (χ0n) is 20.2. The monoisotopic (exact) mass is 511 g/mol. The van der Waals surface area contributed by atoms with Gasteiger partial charge >= 0.3 is 6.03 Å². The number of anilines is 3. The number of aliphatic hydroxyl groups excluding tert-OH is 1. The maximum absolute atomic E-state index is 14.6. The molecule has 4 rings (SSSR count). The van der Waals surface area contributed by atoms with E-state index in [0.29, 0.717) is 22.3 Å². The van der Waals surface area contributed by atoms with Gasteiger partial charge in [-0.2, -0.15) is 0 Å². The van der Waals surface area contributed by atoms with Crippen molar-refractivity contribution in [1.29, 1.82) is 0 Å².